The average Bonchev–Trinajstić information content (AvgIpc) is 2.02. The number of rotatable bonds is 0. The van der Waals surface area contributed by atoms with Crippen LogP contribution in [0.1, 0.15) is 17.4 Å². The van der Waals surface area contributed by atoms with Gasteiger partial charge in [-0.2, -0.15) is 0 Å². The summed E-state index contributed by atoms with van der Waals surface area (Å²) in [5.74, 6) is 0. The van der Waals surface area contributed by atoms with Crippen LogP contribution in [0, 0.1) is 6.92 Å². The van der Waals surface area contributed by atoms with Crippen LogP contribution in [0.3, 0.4) is 0 Å². The standard InChI is InChI=1S/C9H9NO3/c1-5-3-2-4-6-7(5)8(11)13-9(12)10-6/h2-4,8,11H,1H3,(H,10,12). The minimum atomic E-state index is -1.15. The molecule has 1 aliphatic heterocycles. The number of carbonyl (C=O) groups is 1. The van der Waals surface area contributed by atoms with Crippen LogP contribution < -0.4 is 5.32 Å². The molecule has 0 aliphatic carbocycles. The van der Waals surface area contributed by atoms with Crippen molar-refractivity contribution in [3.05, 3.63) is 29.3 Å². The quantitative estimate of drug-likeness (QED) is 0.635. The van der Waals surface area contributed by atoms with Gasteiger partial charge in [-0.05, 0) is 18.6 Å². The monoisotopic (exact) mass is 179 g/mol. The van der Waals surface area contributed by atoms with Crippen molar-refractivity contribution in [1.29, 1.82) is 0 Å². The topological polar surface area (TPSA) is 58.6 Å². The number of nitrogens with one attached hydrogen (secondary N) is 1. The third kappa shape index (κ3) is 1.25. The summed E-state index contributed by atoms with van der Waals surface area (Å²) in [6.07, 6.45) is -1.77. The first-order chi connectivity index (χ1) is 6.18. The zero-order valence-electron chi connectivity index (χ0n) is 7.07. The zero-order valence-corrected chi connectivity index (χ0v) is 7.07. The molecule has 68 valence electrons. The van der Waals surface area contributed by atoms with E-state index < -0.39 is 12.4 Å². The second kappa shape index (κ2) is 2.74. The predicted octanol–water partition coefficient (Wildman–Crippen LogP) is 1.55. The molecule has 1 unspecified atom stereocenters. The van der Waals surface area contributed by atoms with Crippen LogP contribution >= 0.6 is 0 Å². The minimum Gasteiger partial charge on any atom is -0.415 e. The van der Waals surface area contributed by atoms with Crippen LogP contribution in [-0.4, -0.2) is 11.2 Å². The summed E-state index contributed by atoms with van der Waals surface area (Å²) in [5, 5.41) is 11.9. The maximum Gasteiger partial charge on any atom is 0.414 e. The van der Waals surface area contributed by atoms with Gasteiger partial charge in [0.1, 0.15) is 0 Å². The third-order valence-corrected chi connectivity index (χ3v) is 2.03. The Labute approximate surface area is 75.1 Å². The Morgan fingerprint density at radius 3 is 3.08 bits per heavy atom. The molecule has 0 saturated carbocycles. The molecule has 0 spiro atoms. The highest BCUT2D eigenvalue weighted by atomic mass is 16.6. The van der Waals surface area contributed by atoms with Gasteiger partial charge in [0.25, 0.3) is 0 Å². The molecular weight excluding hydrogens is 170 g/mol. The van der Waals surface area contributed by atoms with Crippen LogP contribution in [0.2, 0.25) is 0 Å². The summed E-state index contributed by atoms with van der Waals surface area (Å²) < 4.78 is 4.60. The fraction of sp³-hybridized carbons (Fsp3) is 0.222. The van der Waals surface area contributed by atoms with Crippen LogP contribution in [0.15, 0.2) is 18.2 Å². The van der Waals surface area contributed by atoms with E-state index in [0.29, 0.717) is 11.3 Å². The summed E-state index contributed by atoms with van der Waals surface area (Å²) in [6.45, 7) is 1.85. The number of aliphatic hydroxyl groups is 1. The number of hydrogen-bond donors (Lipinski definition) is 2. The van der Waals surface area contributed by atoms with Crippen molar-refractivity contribution >= 4 is 11.8 Å². The molecule has 1 aromatic carbocycles. The van der Waals surface area contributed by atoms with E-state index in [1.165, 1.54) is 0 Å². The molecule has 1 atom stereocenters. The summed E-state index contributed by atoms with van der Waals surface area (Å²) in [5.41, 5.74) is 2.14. The highest BCUT2D eigenvalue weighted by Crippen LogP contribution is 2.30. The predicted molar refractivity (Wildman–Crippen MR) is 46.2 cm³/mol. The van der Waals surface area contributed by atoms with Crippen molar-refractivity contribution in [2.24, 2.45) is 0 Å². The molecule has 0 bridgehead atoms. The Morgan fingerprint density at radius 2 is 2.31 bits per heavy atom. The van der Waals surface area contributed by atoms with Gasteiger partial charge in [-0.1, -0.05) is 12.1 Å². The van der Waals surface area contributed by atoms with E-state index in [2.05, 4.69) is 10.1 Å². The molecule has 2 rings (SSSR count). The van der Waals surface area contributed by atoms with Gasteiger partial charge in [-0.15, -0.1) is 0 Å². The maximum absolute atomic E-state index is 10.9. The first-order valence-corrected chi connectivity index (χ1v) is 3.93. The van der Waals surface area contributed by atoms with Crippen molar-refractivity contribution in [3.63, 3.8) is 0 Å². The normalized spacial score (nSPS) is 20.2. The van der Waals surface area contributed by atoms with Gasteiger partial charge >= 0.3 is 6.09 Å². The van der Waals surface area contributed by atoms with Crippen LogP contribution in [0.4, 0.5) is 10.5 Å². The lowest BCUT2D eigenvalue weighted by molar-refractivity contribution is -0.0527. The number of anilines is 1. The summed E-state index contributed by atoms with van der Waals surface area (Å²) in [4.78, 5) is 10.9. The van der Waals surface area contributed by atoms with E-state index >= 15 is 0 Å². The molecule has 4 heteroatoms. The number of amides is 1. The van der Waals surface area contributed by atoms with Crippen molar-refractivity contribution in [1.82, 2.24) is 0 Å². The molecule has 1 heterocycles. The lowest BCUT2D eigenvalue weighted by atomic mass is 10.1. The lowest BCUT2D eigenvalue weighted by Crippen LogP contribution is -2.24. The smallest absolute Gasteiger partial charge is 0.414 e. The third-order valence-electron chi connectivity index (χ3n) is 2.03. The summed E-state index contributed by atoms with van der Waals surface area (Å²) >= 11 is 0. The van der Waals surface area contributed by atoms with E-state index in [0.717, 1.165) is 5.56 Å². The first kappa shape index (κ1) is 8.07. The van der Waals surface area contributed by atoms with Gasteiger partial charge in [-0.25, -0.2) is 4.79 Å². The van der Waals surface area contributed by atoms with Crippen LogP contribution in [0.25, 0.3) is 0 Å². The molecule has 1 amide bonds. The number of carbonyl (C=O) groups excluding carboxylic acids is 1. The highest BCUT2D eigenvalue weighted by molar-refractivity contribution is 5.88. The zero-order chi connectivity index (χ0) is 9.42. The molecule has 13 heavy (non-hydrogen) atoms. The van der Waals surface area contributed by atoms with Gasteiger partial charge in [0.05, 0.1) is 5.69 Å². The Hall–Kier alpha value is -1.55. The summed E-state index contributed by atoms with van der Waals surface area (Å²) in [7, 11) is 0. The largest absolute Gasteiger partial charge is 0.415 e. The van der Waals surface area contributed by atoms with Gasteiger partial charge in [0, 0.05) is 5.56 Å². The molecule has 0 aromatic heterocycles. The van der Waals surface area contributed by atoms with E-state index in [1.54, 1.807) is 6.07 Å². The molecule has 2 N–H and O–H groups in total. The first-order valence-electron chi connectivity index (χ1n) is 3.93. The number of benzene rings is 1. The van der Waals surface area contributed by atoms with E-state index in [1.807, 2.05) is 19.1 Å². The molecule has 4 nitrogen and oxygen atoms in total. The van der Waals surface area contributed by atoms with Crippen molar-refractivity contribution in [2.45, 2.75) is 13.2 Å². The molecule has 0 saturated heterocycles. The van der Waals surface area contributed by atoms with Gasteiger partial charge in [0.15, 0.2) is 0 Å². The Morgan fingerprint density at radius 1 is 1.54 bits per heavy atom. The Bertz CT molecular complexity index is 362. The fourth-order valence-electron chi connectivity index (χ4n) is 1.42. The lowest BCUT2D eigenvalue weighted by Gasteiger charge is -2.23. The molecule has 0 fully saturated rings. The van der Waals surface area contributed by atoms with Crippen molar-refractivity contribution in [3.8, 4) is 0 Å². The Balaban J connectivity index is 2.55. The van der Waals surface area contributed by atoms with Crippen molar-refractivity contribution < 1.29 is 14.6 Å². The maximum atomic E-state index is 10.9. The van der Waals surface area contributed by atoms with Crippen LogP contribution in [0.5, 0.6) is 0 Å². The second-order valence-corrected chi connectivity index (χ2v) is 2.92. The van der Waals surface area contributed by atoms with Gasteiger partial charge < -0.3 is 9.84 Å². The van der Waals surface area contributed by atoms with Crippen LogP contribution in [-0.2, 0) is 4.74 Å². The van der Waals surface area contributed by atoms with E-state index in [4.69, 9.17) is 0 Å². The van der Waals surface area contributed by atoms with E-state index in [-0.39, 0.29) is 0 Å². The summed E-state index contributed by atoms with van der Waals surface area (Å²) in [6, 6.07) is 5.39. The van der Waals surface area contributed by atoms with Crippen molar-refractivity contribution in [2.75, 3.05) is 5.32 Å². The SMILES string of the molecule is Cc1cccc2c1C(O)OC(=O)N2. The number of ether oxygens (including phenoxy) is 1. The number of cyclic esters (lactones) is 1. The molecule has 0 radical (unpaired) electrons. The van der Waals surface area contributed by atoms with E-state index in [9.17, 15) is 9.90 Å². The molecule has 1 aliphatic rings. The average molecular weight is 179 g/mol. The number of hydrogen-bond acceptors (Lipinski definition) is 3. The van der Waals surface area contributed by atoms with Gasteiger partial charge in [0.2, 0.25) is 6.29 Å². The molecule has 1 aromatic rings. The number of aliphatic hydroxyl groups excluding tert-OH is 1. The number of fused-ring (bicyclic) bond motifs is 1. The second-order valence-electron chi connectivity index (χ2n) is 2.92. The molecular formula is C9H9NO3. The minimum absolute atomic E-state index is 0.615. The fourth-order valence-corrected chi connectivity index (χ4v) is 1.42. The number of aryl methyl sites for hydroxylation is 1. The highest BCUT2D eigenvalue weighted by Gasteiger charge is 2.25. The Kier molecular flexibility index (Phi) is 1.70. The van der Waals surface area contributed by atoms with Gasteiger partial charge in [-0.3, -0.25) is 5.32 Å².